The summed E-state index contributed by atoms with van der Waals surface area (Å²) >= 11 is 0. The Labute approximate surface area is 152 Å². The number of carbonyl (C=O) groups is 2. The molecule has 0 saturated carbocycles. The number of hydrogen-bond acceptors (Lipinski definition) is 5. The lowest BCUT2D eigenvalue weighted by Crippen LogP contribution is -2.46. The highest BCUT2D eigenvalue weighted by molar-refractivity contribution is 5.98. The van der Waals surface area contributed by atoms with E-state index in [4.69, 9.17) is 4.74 Å². The molecule has 0 unspecified atom stereocenters. The van der Waals surface area contributed by atoms with E-state index in [1.54, 1.807) is 16.7 Å². The molecule has 1 N–H and O–H groups in total. The van der Waals surface area contributed by atoms with Crippen LogP contribution in [0.25, 0.3) is 11.0 Å². The number of aryl methyl sites for hydroxylation is 2. The van der Waals surface area contributed by atoms with Crippen LogP contribution in [-0.2, 0) is 16.1 Å². The number of nitrogens with one attached hydrogen (secondary N) is 1. The van der Waals surface area contributed by atoms with Crippen LogP contribution < -0.4 is 10.7 Å². The number of methoxy groups -OCH3 is 1. The van der Waals surface area contributed by atoms with Gasteiger partial charge in [0, 0.05) is 18.4 Å². The third-order valence-corrected chi connectivity index (χ3v) is 4.60. The Morgan fingerprint density at radius 3 is 2.58 bits per heavy atom. The van der Waals surface area contributed by atoms with Crippen LogP contribution in [0.15, 0.2) is 23.1 Å². The first-order chi connectivity index (χ1) is 12.3. The number of nitrogens with zero attached hydrogens (tertiary/aromatic N) is 2. The molecule has 0 fully saturated rings. The van der Waals surface area contributed by atoms with Crippen LogP contribution in [0.4, 0.5) is 0 Å². The zero-order valence-corrected chi connectivity index (χ0v) is 15.8. The van der Waals surface area contributed by atoms with Crippen LogP contribution in [0, 0.1) is 12.8 Å². The van der Waals surface area contributed by atoms with Gasteiger partial charge in [-0.15, -0.1) is 0 Å². The van der Waals surface area contributed by atoms with E-state index in [9.17, 15) is 14.4 Å². The summed E-state index contributed by atoms with van der Waals surface area (Å²) in [5, 5.41) is 3.03. The minimum atomic E-state index is -0.807. The third kappa shape index (κ3) is 3.76. The molecule has 2 atom stereocenters. The topological polar surface area (TPSA) is 90.3 Å². The molecule has 2 aromatic heterocycles. The first-order valence-electron chi connectivity index (χ1n) is 8.73. The van der Waals surface area contributed by atoms with Crippen LogP contribution >= 0.6 is 0 Å². The summed E-state index contributed by atoms with van der Waals surface area (Å²) in [5.74, 6) is -1.23. The normalized spacial score (nSPS) is 13.3. The van der Waals surface area contributed by atoms with Crippen LogP contribution in [0.5, 0.6) is 0 Å². The molecule has 0 aliphatic rings. The van der Waals surface area contributed by atoms with E-state index in [1.165, 1.54) is 13.3 Å². The zero-order valence-electron chi connectivity index (χ0n) is 15.8. The molecule has 0 bridgehead atoms. The van der Waals surface area contributed by atoms with Gasteiger partial charge in [0.05, 0.1) is 12.5 Å². The predicted octanol–water partition coefficient (Wildman–Crippen LogP) is 2.04. The van der Waals surface area contributed by atoms with E-state index >= 15 is 0 Å². The van der Waals surface area contributed by atoms with Crippen LogP contribution in [0.1, 0.15) is 43.2 Å². The SMILES string of the molecule is CC[C@H](C)[C@@H](NC(=O)c1cn(CC)c2nc(C)ccc2c1=O)C(=O)OC. The first kappa shape index (κ1) is 19.6. The zero-order chi connectivity index (χ0) is 19.4. The summed E-state index contributed by atoms with van der Waals surface area (Å²) in [5.41, 5.74) is 0.920. The number of aromatic nitrogens is 2. The molecule has 2 heterocycles. The fourth-order valence-electron chi connectivity index (χ4n) is 2.78. The molecule has 1 amide bonds. The Morgan fingerprint density at radius 1 is 1.31 bits per heavy atom. The monoisotopic (exact) mass is 359 g/mol. The molecule has 0 aliphatic carbocycles. The summed E-state index contributed by atoms with van der Waals surface area (Å²) in [6.07, 6.45) is 2.18. The van der Waals surface area contributed by atoms with Crippen LogP contribution in [-0.4, -0.2) is 34.6 Å². The van der Waals surface area contributed by atoms with Crippen molar-refractivity contribution in [3.63, 3.8) is 0 Å². The molecular formula is C19H25N3O4. The molecule has 0 aromatic carbocycles. The summed E-state index contributed by atoms with van der Waals surface area (Å²) in [6, 6.07) is 2.61. The minimum absolute atomic E-state index is 0.0118. The second-order valence-corrected chi connectivity index (χ2v) is 6.34. The number of rotatable bonds is 6. The average Bonchev–Trinajstić information content (AvgIpc) is 2.64. The largest absolute Gasteiger partial charge is 0.467 e. The van der Waals surface area contributed by atoms with Crippen molar-refractivity contribution in [1.29, 1.82) is 0 Å². The van der Waals surface area contributed by atoms with Crippen molar-refractivity contribution in [2.75, 3.05) is 7.11 Å². The van der Waals surface area contributed by atoms with Crippen molar-refractivity contribution in [2.24, 2.45) is 5.92 Å². The fourth-order valence-corrected chi connectivity index (χ4v) is 2.78. The van der Waals surface area contributed by atoms with Gasteiger partial charge in [-0.2, -0.15) is 0 Å². The summed E-state index contributed by atoms with van der Waals surface area (Å²) in [6.45, 7) is 8.07. The van der Waals surface area contributed by atoms with E-state index in [0.29, 0.717) is 24.0 Å². The van der Waals surface area contributed by atoms with Crippen molar-refractivity contribution in [3.05, 3.63) is 39.8 Å². The maximum atomic E-state index is 12.8. The molecule has 26 heavy (non-hydrogen) atoms. The van der Waals surface area contributed by atoms with Crippen LogP contribution in [0.2, 0.25) is 0 Å². The number of esters is 1. The van der Waals surface area contributed by atoms with Gasteiger partial charge < -0.3 is 14.6 Å². The van der Waals surface area contributed by atoms with E-state index in [0.717, 1.165) is 5.69 Å². The molecule has 0 radical (unpaired) electrons. The van der Waals surface area contributed by atoms with Crippen molar-refractivity contribution in [3.8, 4) is 0 Å². The molecule has 0 saturated heterocycles. The Morgan fingerprint density at radius 2 is 2.00 bits per heavy atom. The highest BCUT2D eigenvalue weighted by atomic mass is 16.5. The summed E-state index contributed by atoms with van der Waals surface area (Å²) < 4.78 is 6.54. The molecule has 140 valence electrons. The van der Waals surface area contributed by atoms with Gasteiger partial charge in [-0.25, -0.2) is 9.78 Å². The van der Waals surface area contributed by atoms with E-state index in [2.05, 4.69) is 10.3 Å². The quantitative estimate of drug-likeness (QED) is 0.797. The molecule has 7 nitrogen and oxygen atoms in total. The summed E-state index contributed by atoms with van der Waals surface area (Å²) in [4.78, 5) is 41.9. The highest BCUT2D eigenvalue weighted by Crippen LogP contribution is 2.13. The second kappa shape index (κ2) is 8.12. The number of hydrogen-bond donors (Lipinski definition) is 1. The Bertz CT molecular complexity index is 888. The lowest BCUT2D eigenvalue weighted by Gasteiger charge is -2.22. The lowest BCUT2D eigenvalue weighted by atomic mass is 9.99. The van der Waals surface area contributed by atoms with Gasteiger partial charge in [0.1, 0.15) is 17.3 Å². The standard InChI is InChI=1S/C19H25N3O4/c1-6-11(3)15(19(25)26-5)21-18(24)14-10-22(7-2)17-13(16(14)23)9-8-12(4)20-17/h8-11,15H,6-7H2,1-5H3,(H,21,24)/t11-,15+/m0/s1. The van der Waals surface area contributed by atoms with Gasteiger partial charge in [-0.3, -0.25) is 9.59 Å². The second-order valence-electron chi connectivity index (χ2n) is 6.34. The molecule has 7 heteroatoms. The molecular weight excluding hydrogens is 334 g/mol. The smallest absolute Gasteiger partial charge is 0.328 e. The number of amides is 1. The molecule has 2 rings (SSSR count). The van der Waals surface area contributed by atoms with E-state index < -0.39 is 23.3 Å². The average molecular weight is 359 g/mol. The molecule has 0 spiro atoms. The first-order valence-corrected chi connectivity index (χ1v) is 8.73. The molecule has 0 aliphatic heterocycles. The van der Waals surface area contributed by atoms with Crippen molar-refractivity contribution in [2.45, 2.75) is 46.7 Å². The van der Waals surface area contributed by atoms with Crippen molar-refractivity contribution >= 4 is 22.9 Å². The summed E-state index contributed by atoms with van der Waals surface area (Å²) in [7, 11) is 1.28. The highest BCUT2D eigenvalue weighted by Gasteiger charge is 2.28. The van der Waals surface area contributed by atoms with E-state index in [-0.39, 0.29) is 11.5 Å². The van der Waals surface area contributed by atoms with Crippen molar-refractivity contribution in [1.82, 2.24) is 14.9 Å². The Hall–Kier alpha value is -2.70. The van der Waals surface area contributed by atoms with Gasteiger partial charge >= 0.3 is 5.97 Å². The van der Waals surface area contributed by atoms with E-state index in [1.807, 2.05) is 27.7 Å². The van der Waals surface area contributed by atoms with Crippen molar-refractivity contribution < 1.29 is 14.3 Å². The minimum Gasteiger partial charge on any atom is -0.467 e. The maximum Gasteiger partial charge on any atom is 0.328 e. The fraction of sp³-hybridized carbons (Fsp3) is 0.474. The third-order valence-electron chi connectivity index (χ3n) is 4.60. The predicted molar refractivity (Wildman–Crippen MR) is 99.1 cm³/mol. The van der Waals surface area contributed by atoms with Crippen LogP contribution in [0.3, 0.4) is 0 Å². The lowest BCUT2D eigenvalue weighted by molar-refractivity contribution is -0.144. The number of carbonyl (C=O) groups excluding carboxylic acids is 2. The molecule has 2 aromatic rings. The maximum absolute atomic E-state index is 12.8. The Balaban J connectivity index is 2.50. The van der Waals surface area contributed by atoms with Gasteiger partial charge in [0.15, 0.2) is 0 Å². The number of ether oxygens (including phenoxy) is 1. The number of pyridine rings is 2. The Kier molecular flexibility index (Phi) is 6.13. The van der Waals surface area contributed by atoms with Gasteiger partial charge in [-0.1, -0.05) is 20.3 Å². The van der Waals surface area contributed by atoms with Gasteiger partial charge in [-0.05, 0) is 31.9 Å². The van der Waals surface area contributed by atoms with Gasteiger partial charge in [0.2, 0.25) is 5.43 Å². The number of fused-ring (bicyclic) bond motifs is 1. The van der Waals surface area contributed by atoms with Gasteiger partial charge in [0.25, 0.3) is 5.91 Å².